The van der Waals surface area contributed by atoms with Gasteiger partial charge in [-0.3, -0.25) is 4.72 Å². The summed E-state index contributed by atoms with van der Waals surface area (Å²) >= 11 is 1.62. The second kappa shape index (κ2) is 7.26. The molecule has 0 spiro atoms. The summed E-state index contributed by atoms with van der Waals surface area (Å²) in [6, 6.07) is 19.7. The lowest BCUT2D eigenvalue weighted by molar-refractivity contribution is 0.414. The third-order valence-corrected chi connectivity index (χ3v) is 6.76. The molecule has 0 unspecified atom stereocenters. The van der Waals surface area contributed by atoms with Crippen LogP contribution in [-0.4, -0.2) is 20.5 Å². The zero-order valence-electron chi connectivity index (χ0n) is 15.3. The number of thiazole rings is 1. The Morgan fingerprint density at radius 3 is 2.36 bits per heavy atom. The van der Waals surface area contributed by atoms with Crippen molar-refractivity contribution >= 4 is 37.3 Å². The molecule has 0 aliphatic carbocycles. The van der Waals surface area contributed by atoms with Gasteiger partial charge in [0.2, 0.25) is 0 Å². The van der Waals surface area contributed by atoms with E-state index in [9.17, 15) is 8.42 Å². The highest BCUT2D eigenvalue weighted by Gasteiger charge is 2.14. The van der Waals surface area contributed by atoms with Crippen LogP contribution < -0.4 is 9.46 Å². The molecule has 1 heterocycles. The number of ether oxygens (including phenoxy) is 1. The number of hydrogen-bond acceptors (Lipinski definition) is 5. The quantitative estimate of drug-likeness (QED) is 0.498. The average Bonchev–Trinajstić information content (AvgIpc) is 3.11. The van der Waals surface area contributed by atoms with Gasteiger partial charge in [-0.1, -0.05) is 6.07 Å². The molecule has 0 saturated carbocycles. The molecule has 4 rings (SSSR count). The number of anilines is 1. The second-order valence-corrected chi connectivity index (χ2v) is 9.06. The third-order valence-electron chi connectivity index (χ3n) is 4.30. The summed E-state index contributed by atoms with van der Waals surface area (Å²) < 4.78 is 33.9. The van der Waals surface area contributed by atoms with E-state index in [0.717, 1.165) is 20.8 Å². The summed E-state index contributed by atoms with van der Waals surface area (Å²) in [5.41, 5.74) is 3.61. The molecule has 0 fully saturated rings. The summed E-state index contributed by atoms with van der Waals surface area (Å²) in [4.78, 5) is 4.84. The Labute approximate surface area is 167 Å². The first-order valence-electron chi connectivity index (χ1n) is 8.59. The molecule has 4 aromatic rings. The number of hydrogen-bond donors (Lipinski definition) is 1. The Kier molecular flexibility index (Phi) is 4.78. The average molecular weight is 411 g/mol. The van der Waals surface area contributed by atoms with Crippen molar-refractivity contribution in [3.63, 3.8) is 0 Å². The minimum atomic E-state index is -3.66. The monoisotopic (exact) mass is 410 g/mol. The van der Waals surface area contributed by atoms with Gasteiger partial charge >= 0.3 is 0 Å². The molecule has 0 aliphatic heterocycles. The van der Waals surface area contributed by atoms with Crippen LogP contribution in [0.5, 0.6) is 5.75 Å². The lowest BCUT2D eigenvalue weighted by atomic mass is 10.2. The van der Waals surface area contributed by atoms with E-state index >= 15 is 0 Å². The maximum absolute atomic E-state index is 12.5. The molecule has 0 saturated heterocycles. The Bertz CT molecular complexity index is 1230. The minimum absolute atomic E-state index is 0.180. The summed E-state index contributed by atoms with van der Waals surface area (Å²) in [5, 5.41) is 0.908. The molecular formula is C21H18N2O3S2. The molecular weight excluding hydrogens is 392 g/mol. The third kappa shape index (κ3) is 3.72. The van der Waals surface area contributed by atoms with E-state index in [1.165, 1.54) is 24.8 Å². The number of rotatable bonds is 5. The molecule has 0 radical (unpaired) electrons. The molecule has 7 heteroatoms. The summed E-state index contributed by atoms with van der Waals surface area (Å²) in [6.07, 6.45) is 0. The molecule has 1 aromatic heterocycles. The molecule has 3 aromatic carbocycles. The van der Waals surface area contributed by atoms with Gasteiger partial charge in [0.25, 0.3) is 10.0 Å². The number of aromatic nitrogens is 1. The van der Waals surface area contributed by atoms with E-state index in [-0.39, 0.29) is 4.90 Å². The highest BCUT2D eigenvalue weighted by atomic mass is 32.2. The molecule has 1 N–H and O–H groups in total. The van der Waals surface area contributed by atoms with Gasteiger partial charge in [-0.15, -0.1) is 11.3 Å². The van der Waals surface area contributed by atoms with E-state index < -0.39 is 10.0 Å². The van der Waals surface area contributed by atoms with Crippen LogP contribution in [0.2, 0.25) is 0 Å². The standard InChI is InChI=1S/C21H18N2O3S2/c1-14-3-12-19-20(13-14)27-21(22-19)15-4-6-16(7-5-15)23-28(24,25)18-10-8-17(26-2)9-11-18/h3-13,23H,1-2H3. The number of fused-ring (bicyclic) bond motifs is 1. The molecule has 28 heavy (non-hydrogen) atoms. The molecule has 0 aliphatic rings. The predicted molar refractivity (Wildman–Crippen MR) is 114 cm³/mol. The van der Waals surface area contributed by atoms with Gasteiger partial charge in [0.05, 0.1) is 22.2 Å². The van der Waals surface area contributed by atoms with Gasteiger partial charge in [0, 0.05) is 11.3 Å². The van der Waals surface area contributed by atoms with Gasteiger partial charge in [0.15, 0.2) is 0 Å². The van der Waals surface area contributed by atoms with Crippen LogP contribution in [0.1, 0.15) is 5.56 Å². The van der Waals surface area contributed by atoms with E-state index in [0.29, 0.717) is 11.4 Å². The lowest BCUT2D eigenvalue weighted by Crippen LogP contribution is -2.12. The molecule has 5 nitrogen and oxygen atoms in total. The number of methoxy groups -OCH3 is 1. The molecule has 0 bridgehead atoms. The number of nitrogens with one attached hydrogen (secondary N) is 1. The fourth-order valence-corrected chi connectivity index (χ4v) is 4.93. The molecule has 142 valence electrons. The van der Waals surface area contributed by atoms with Crippen LogP contribution in [0, 0.1) is 6.92 Å². The lowest BCUT2D eigenvalue weighted by Gasteiger charge is -2.09. The number of sulfonamides is 1. The van der Waals surface area contributed by atoms with Crippen LogP contribution >= 0.6 is 11.3 Å². The fraction of sp³-hybridized carbons (Fsp3) is 0.0952. The van der Waals surface area contributed by atoms with Crippen molar-refractivity contribution < 1.29 is 13.2 Å². The van der Waals surface area contributed by atoms with E-state index in [2.05, 4.69) is 22.7 Å². The Morgan fingerprint density at radius 2 is 1.68 bits per heavy atom. The van der Waals surface area contributed by atoms with Crippen molar-refractivity contribution in [1.82, 2.24) is 4.98 Å². The SMILES string of the molecule is COc1ccc(S(=O)(=O)Nc2ccc(-c3nc4ccc(C)cc4s3)cc2)cc1. The van der Waals surface area contributed by atoms with Crippen LogP contribution in [0.15, 0.2) is 71.6 Å². The minimum Gasteiger partial charge on any atom is -0.497 e. The van der Waals surface area contributed by atoms with Gasteiger partial charge in [0.1, 0.15) is 10.8 Å². The van der Waals surface area contributed by atoms with Crippen molar-refractivity contribution in [3.8, 4) is 16.3 Å². The fourth-order valence-electron chi connectivity index (χ4n) is 2.81. The van der Waals surface area contributed by atoms with E-state index in [1.807, 2.05) is 24.3 Å². The predicted octanol–water partition coefficient (Wildman–Crippen LogP) is 5.08. The number of aryl methyl sites for hydroxylation is 1. The topological polar surface area (TPSA) is 68.3 Å². The van der Waals surface area contributed by atoms with E-state index in [4.69, 9.17) is 4.74 Å². The maximum atomic E-state index is 12.5. The van der Waals surface area contributed by atoms with Crippen molar-refractivity contribution in [2.24, 2.45) is 0 Å². The van der Waals surface area contributed by atoms with E-state index in [1.54, 1.807) is 35.6 Å². The Balaban J connectivity index is 1.56. The van der Waals surface area contributed by atoms with Crippen LogP contribution in [0.4, 0.5) is 5.69 Å². The van der Waals surface area contributed by atoms with Crippen LogP contribution in [0.25, 0.3) is 20.8 Å². The largest absolute Gasteiger partial charge is 0.497 e. The first-order valence-corrected chi connectivity index (χ1v) is 10.9. The zero-order valence-corrected chi connectivity index (χ0v) is 17.0. The van der Waals surface area contributed by atoms with Crippen LogP contribution in [-0.2, 0) is 10.0 Å². The Hall–Kier alpha value is -2.90. The Morgan fingerprint density at radius 1 is 0.964 bits per heavy atom. The van der Waals surface area contributed by atoms with Crippen molar-refractivity contribution in [2.75, 3.05) is 11.8 Å². The van der Waals surface area contributed by atoms with Gasteiger partial charge in [-0.05, 0) is 73.2 Å². The van der Waals surface area contributed by atoms with Crippen molar-refractivity contribution in [3.05, 3.63) is 72.3 Å². The smallest absolute Gasteiger partial charge is 0.261 e. The van der Waals surface area contributed by atoms with Gasteiger partial charge < -0.3 is 4.74 Å². The summed E-state index contributed by atoms with van der Waals surface area (Å²) in [7, 11) is -2.12. The zero-order chi connectivity index (χ0) is 19.7. The summed E-state index contributed by atoms with van der Waals surface area (Å²) in [5.74, 6) is 0.606. The van der Waals surface area contributed by atoms with Gasteiger partial charge in [-0.2, -0.15) is 0 Å². The highest BCUT2D eigenvalue weighted by Crippen LogP contribution is 2.31. The van der Waals surface area contributed by atoms with Gasteiger partial charge in [-0.25, -0.2) is 13.4 Å². The number of nitrogens with zero attached hydrogens (tertiary/aromatic N) is 1. The first kappa shape index (κ1) is 18.5. The summed E-state index contributed by atoms with van der Waals surface area (Å²) in [6.45, 7) is 2.06. The van der Waals surface area contributed by atoms with Crippen molar-refractivity contribution in [1.29, 1.82) is 0 Å². The molecule has 0 atom stereocenters. The molecule has 0 amide bonds. The normalized spacial score (nSPS) is 11.5. The first-order chi connectivity index (χ1) is 13.4. The van der Waals surface area contributed by atoms with Crippen molar-refractivity contribution in [2.45, 2.75) is 11.8 Å². The number of benzene rings is 3. The van der Waals surface area contributed by atoms with Crippen LogP contribution in [0.3, 0.4) is 0 Å². The second-order valence-electron chi connectivity index (χ2n) is 6.35. The highest BCUT2D eigenvalue weighted by molar-refractivity contribution is 7.92. The maximum Gasteiger partial charge on any atom is 0.261 e.